The molecule has 0 aliphatic rings. The monoisotopic (exact) mass is 306 g/mol. The minimum atomic E-state index is 0.907. The van der Waals surface area contributed by atoms with E-state index in [2.05, 4.69) is 51.6 Å². The van der Waals surface area contributed by atoms with Crippen LogP contribution >= 0.6 is 15.9 Å². The van der Waals surface area contributed by atoms with E-state index in [1.165, 1.54) is 15.6 Å². The lowest BCUT2D eigenvalue weighted by Crippen LogP contribution is -2.80. The number of quaternary nitrogens is 1. The number of nitrogens with two attached hydrogens (primary N) is 1. The molecule has 0 aliphatic carbocycles. The number of halogens is 1. The molecule has 18 heavy (non-hydrogen) atoms. The van der Waals surface area contributed by atoms with Gasteiger partial charge < -0.3 is 10.1 Å². The van der Waals surface area contributed by atoms with Crippen molar-refractivity contribution < 1.29 is 10.1 Å². The summed E-state index contributed by atoms with van der Waals surface area (Å²) in [7, 11) is 1.69. The molecule has 0 bridgehead atoms. The van der Waals surface area contributed by atoms with Gasteiger partial charge in [0.05, 0.1) is 7.11 Å². The molecule has 94 valence electrons. The van der Waals surface area contributed by atoms with Gasteiger partial charge in [0.25, 0.3) is 0 Å². The number of benzene rings is 2. The van der Waals surface area contributed by atoms with Crippen molar-refractivity contribution in [3.8, 4) is 5.75 Å². The summed E-state index contributed by atoms with van der Waals surface area (Å²) in [6.07, 6.45) is 0. The summed E-state index contributed by atoms with van der Waals surface area (Å²) in [5.74, 6) is 0.907. The van der Waals surface area contributed by atoms with Gasteiger partial charge >= 0.3 is 0 Å². The molecular formula is C15H17BrNO+. The third-order valence-corrected chi connectivity index (χ3v) is 3.63. The van der Waals surface area contributed by atoms with Gasteiger partial charge in [-0.2, -0.15) is 0 Å². The Labute approximate surface area is 116 Å². The minimum Gasteiger partial charge on any atom is -0.497 e. The lowest BCUT2D eigenvalue weighted by Gasteiger charge is -2.05. The van der Waals surface area contributed by atoms with Gasteiger partial charge in [0.1, 0.15) is 18.8 Å². The number of rotatable bonds is 5. The molecule has 0 unspecified atom stereocenters. The standard InChI is InChI=1S/C15H16BrNO/c1-18-14-8-6-12(7-9-14)10-17-11-13-4-2-3-5-15(13)16/h2-9,17H,10-11H2,1H3/p+1. The van der Waals surface area contributed by atoms with Crippen LogP contribution in [0.5, 0.6) is 5.75 Å². The van der Waals surface area contributed by atoms with Crippen molar-refractivity contribution in [3.63, 3.8) is 0 Å². The third kappa shape index (κ3) is 3.59. The first-order valence-corrected chi connectivity index (χ1v) is 6.77. The first-order chi connectivity index (χ1) is 8.79. The lowest BCUT2D eigenvalue weighted by atomic mass is 10.2. The molecular weight excluding hydrogens is 290 g/mol. The molecule has 2 rings (SSSR count). The lowest BCUT2D eigenvalue weighted by molar-refractivity contribution is -0.686. The molecule has 0 heterocycles. The van der Waals surface area contributed by atoms with Gasteiger partial charge in [-0.25, -0.2) is 0 Å². The highest BCUT2D eigenvalue weighted by molar-refractivity contribution is 9.10. The van der Waals surface area contributed by atoms with Crippen molar-refractivity contribution in [2.75, 3.05) is 7.11 Å². The molecule has 2 N–H and O–H groups in total. The van der Waals surface area contributed by atoms with Crippen LogP contribution in [0.25, 0.3) is 0 Å². The van der Waals surface area contributed by atoms with E-state index in [1.807, 2.05) is 18.2 Å². The molecule has 0 fully saturated rings. The second-order valence-corrected chi connectivity index (χ2v) is 4.99. The summed E-state index contributed by atoms with van der Waals surface area (Å²) in [4.78, 5) is 0. The Morgan fingerprint density at radius 3 is 2.39 bits per heavy atom. The molecule has 0 atom stereocenters. The molecule has 2 nitrogen and oxygen atoms in total. The van der Waals surface area contributed by atoms with Gasteiger partial charge in [0, 0.05) is 15.6 Å². The second kappa shape index (κ2) is 6.57. The zero-order chi connectivity index (χ0) is 12.8. The fourth-order valence-corrected chi connectivity index (χ4v) is 2.27. The molecule has 3 heteroatoms. The molecule has 0 radical (unpaired) electrons. The van der Waals surface area contributed by atoms with Crippen LogP contribution in [0, 0.1) is 0 Å². The maximum absolute atomic E-state index is 5.14. The van der Waals surface area contributed by atoms with Gasteiger partial charge in [-0.1, -0.05) is 34.1 Å². The minimum absolute atomic E-state index is 0.907. The summed E-state index contributed by atoms with van der Waals surface area (Å²) >= 11 is 3.57. The van der Waals surface area contributed by atoms with E-state index < -0.39 is 0 Å². The van der Waals surface area contributed by atoms with Crippen LogP contribution in [-0.4, -0.2) is 7.11 Å². The predicted octanol–water partition coefficient (Wildman–Crippen LogP) is 2.72. The Morgan fingerprint density at radius 1 is 1.00 bits per heavy atom. The summed E-state index contributed by atoms with van der Waals surface area (Å²) in [6, 6.07) is 16.6. The number of ether oxygens (including phenoxy) is 1. The van der Waals surface area contributed by atoms with Crippen LogP contribution in [0.3, 0.4) is 0 Å². The Kier molecular flexibility index (Phi) is 4.79. The molecule has 0 aliphatic heterocycles. The normalized spacial score (nSPS) is 10.3. The molecule has 0 aromatic heterocycles. The number of methoxy groups -OCH3 is 1. The topological polar surface area (TPSA) is 25.8 Å². The maximum Gasteiger partial charge on any atom is 0.118 e. The summed E-state index contributed by atoms with van der Waals surface area (Å²) < 4.78 is 6.32. The van der Waals surface area contributed by atoms with E-state index in [9.17, 15) is 0 Å². The average Bonchev–Trinajstić information content (AvgIpc) is 2.42. The number of hydrogen-bond acceptors (Lipinski definition) is 1. The van der Waals surface area contributed by atoms with Crippen LogP contribution in [-0.2, 0) is 13.1 Å². The Morgan fingerprint density at radius 2 is 1.72 bits per heavy atom. The highest BCUT2D eigenvalue weighted by Crippen LogP contribution is 2.14. The zero-order valence-corrected chi connectivity index (χ0v) is 12.0. The van der Waals surface area contributed by atoms with E-state index in [0.717, 1.165) is 18.8 Å². The first kappa shape index (κ1) is 13.1. The molecule has 0 spiro atoms. The van der Waals surface area contributed by atoms with Crippen LogP contribution < -0.4 is 10.1 Å². The third-order valence-electron chi connectivity index (χ3n) is 2.86. The van der Waals surface area contributed by atoms with Crippen molar-refractivity contribution in [3.05, 3.63) is 64.1 Å². The highest BCUT2D eigenvalue weighted by Gasteiger charge is 2.01. The van der Waals surface area contributed by atoms with E-state index in [1.54, 1.807) is 7.11 Å². The van der Waals surface area contributed by atoms with Gasteiger partial charge in [-0.05, 0) is 30.3 Å². The Balaban J connectivity index is 1.86. The van der Waals surface area contributed by atoms with Gasteiger partial charge in [0.15, 0.2) is 0 Å². The van der Waals surface area contributed by atoms with Crippen molar-refractivity contribution in [2.45, 2.75) is 13.1 Å². The SMILES string of the molecule is COc1ccc(C[NH2+]Cc2ccccc2Br)cc1. The van der Waals surface area contributed by atoms with Gasteiger partial charge in [-0.3, -0.25) is 0 Å². The summed E-state index contributed by atoms with van der Waals surface area (Å²) in [5.41, 5.74) is 2.63. The Bertz CT molecular complexity index is 496. The first-order valence-electron chi connectivity index (χ1n) is 5.97. The van der Waals surface area contributed by atoms with Crippen LogP contribution in [0.2, 0.25) is 0 Å². The van der Waals surface area contributed by atoms with Gasteiger partial charge in [0.2, 0.25) is 0 Å². The highest BCUT2D eigenvalue weighted by atomic mass is 79.9. The average molecular weight is 307 g/mol. The van der Waals surface area contributed by atoms with E-state index >= 15 is 0 Å². The van der Waals surface area contributed by atoms with E-state index in [4.69, 9.17) is 4.74 Å². The fraction of sp³-hybridized carbons (Fsp3) is 0.200. The van der Waals surface area contributed by atoms with Crippen molar-refractivity contribution in [1.82, 2.24) is 0 Å². The molecule has 2 aromatic carbocycles. The van der Waals surface area contributed by atoms with Crippen LogP contribution in [0.15, 0.2) is 53.0 Å². The second-order valence-electron chi connectivity index (χ2n) is 4.14. The van der Waals surface area contributed by atoms with E-state index in [-0.39, 0.29) is 0 Å². The largest absolute Gasteiger partial charge is 0.497 e. The summed E-state index contributed by atoms with van der Waals surface area (Å²) in [6.45, 7) is 1.96. The molecule has 0 saturated carbocycles. The maximum atomic E-state index is 5.14. The fourth-order valence-electron chi connectivity index (χ4n) is 1.82. The molecule has 2 aromatic rings. The van der Waals surface area contributed by atoms with Crippen molar-refractivity contribution in [1.29, 1.82) is 0 Å². The molecule has 0 amide bonds. The van der Waals surface area contributed by atoms with Gasteiger partial charge in [-0.15, -0.1) is 0 Å². The summed E-state index contributed by atoms with van der Waals surface area (Å²) in [5, 5.41) is 2.29. The smallest absolute Gasteiger partial charge is 0.118 e. The predicted molar refractivity (Wildman–Crippen MR) is 76.5 cm³/mol. The van der Waals surface area contributed by atoms with Crippen LogP contribution in [0.4, 0.5) is 0 Å². The van der Waals surface area contributed by atoms with Crippen molar-refractivity contribution in [2.24, 2.45) is 0 Å². The van der Waals surface area contributed by atoms with Crippen LogP contribution in [0.1, 0.15) is 11.1 Å². The molecule has 0 saturated heterocycles. The zero-order valence-electron chi connectivity index (χ0n) is 10.4. The quantitative estimate of drug-likeness (QED) is 0.903. The van der Waals surface area contributed by atoms with Crippen molar-refractivity contribution >= 4 is 15.9 Å². The Hall–Kier alpha value is -1.32. The number of hydrogen-bond donors (Lipinski definition) is 1. The van der Waals surface area contributed by atoms with E-state index in [0.29, 0.717) is 0 Å².